The number of rotatable bonds is 6. The van der Waals surface area contributed by atoms with Gasteiger partial charge in [-0.15, -0.1) is 0 Å². The summed E-state index contributed by atoms with van der Waals surface area (Å²) in [6.07, 6.45) is 1.23. The van der Waals surface area contributed by atoms with E-state index in [9.17, 15) is 19.2 Å². The lowest BCUT2D eigenvalue weighted by Gasteiger charge is -2.29. The molecule has 0 saturated carbocycles. The topological polar surface area (TPSA) is 124 Å². The minimum absolute atomic E-state index is 0.0638. The molecule has 0 aliphatic carbocycles. The van der Waals surface area contributed by atoms with E-state index < -0.39 is 0 Å². The first-order valence-corrected chi connectivity index (χ1v) is 11.6. The van der Waals surface area contributed by atoms with Crippen LogP contribution < -0.4 is 21.1 Å². The summed E-state index contributed by atoms with van der Waals surface area (Å²) in [6, 6.07) is 20.8. The molecule has 4 aromatic rings. The van der Waals surface area contributed by atoms with Crippen molar-refractivity contribution in [2.45, 2.75) is 19.3 Å². The Hall–Kier alpha value is -4.79. The highest BCUT2D eigenvalue weighted by Crippen LogP contribution is 2.30. The molecule has 3 amide bonds. The van der Waals surface area contributed by atoms with E-state index in [1.54, 1.807) is 60.7 Å². The third-order valence-corrected chi connectivity index (χ3v) is 5.91. The van der Waals surface area contributed by atoms with Gasteiger partial charge in [0.15, 0.2) is 0 Å². The Balaban J connectivity index is 1.17. The number of nitrogens with one attached hydrogen (secondary N) is 3. The van der Waals surface area contributed by atoms with Crippen LogP contribution in [0.15, 0.2) is 77.6 Å². The Morgan fingerprint density at radius 3 is 2.53 bits per heavy atom. The molecule has 0 atom stereocenters. The largest absolute Gasteiger partial charge is 0.326 e. The maximum atomic E-state index is 13.1. The second kappa shape index (κ2) is 9.83. The summed E-state index contributed by atoms with van der Waals surface area (Å²) in [7, 11) is 0. The lowest BCUT2D eigenvalue weighted by molar-refractivity contribution is -0.116. The van der Waals surface area contributed by atoms with Gasteiger partial charge >= 0.3 is 0 Å². The molecule has 0 saturated heterocycles. The van der Waals surface area contributed by atoms with Crippen molar-refractivity contribution in [1.82, 2.24) is 9.97 Å². The SMILES string of the molecule is O=C(CCCc1nc2ccccc2c(=O)[nH]1)Nc1ccc(C(=O)N2CC(=O)Nc3ccccc32)cc1. The van der Waals surface area contributed by atoms with E-state index in [4.69, 9.17) is 0 Å². The number of nitrogens with zero attached hydrogens (tertiary/aromatic N) is 2. The molecule has 36 heavy (non-hydrogen) atoms. The number of amides is 3. The molecule has 1 aliphatic rings. The summed E-state index contributed by atoms with van der Waals surface area (Å²) in [5, 5.41) is 6.12. The van der Waals surface area contributed by atoms with Crippen LogP contribution in [0.25, 0.3) is 10.9 Å². The van der Waals surface area contributed by atoms with Gasteiger partial charge in [-0.05, 0) is 55.0 Å². The van der Waals surface area contributed by atoms with E-state index in [1.165, 1.54) is 4.90 Å². The zero-order valence-corrected chi connectivity index (χ0v) is 19.3. The molecule has 1 aliphatic heterocycles. The van der Waals surface area contributed by atoms with Gasteiger partial charge in [-0.2, -0.15) is 0 Å². The second-order valence-corrected chi connectivity index (χ2v) is 8.47. The molecule has 1 aromatic heterocycles. The average molecular weight is 482 g/mol. The molecule has 0 bridgehead atoms. The molecule has 0 radical (unpaired) electrons. The van der Waals surface area contributed by atoms with Crippen LogP contribution in [0.4, 0.5) is 17.1 Å². The summed E-state index contributed by atoms with van der Waals surface area (Å²) in [5.74, 6) is -0.192. The van der Waals surface area contributed by atoms with Gasteiger partial charge in [0.1, 0.15) is 12.4 Å². The van der Waals surface area contributed by atoms with E-state index in [2.05, 4.69) is 20.6 Å². The lowest BCUT2D eigenvalue weighted by atomic mass is 10.1. The summed E-state index contributed by atoms with van der Waals surface area (Å²) in [5.41, 5.74) is 2.64. The van der Waals surface area contributed by atoms with Gasteiger partial charge in [-0.3, -0.25) is 24.1 Å². The predicted molar refractivity (Wildman–Crippen MR) is 137 cm³/mol. The maximum absolute atomic E-state index is 13.1. The van der Waals surface area contributed by atoms with E-state index in [0.717, 1.165) is 0 Å². The van der Waals surface area contributed by atoms with Crippen molar-refractivity contribution in [2.75, 3.05) is 22.1 Å². The van der Waals surface area contributed by atoms with E-state index >= 15 is 0 Å². The quantitative estimate of drug-likeness (QED) is 0.389. The molecule has 3 N–H and O–H groups in total. The molecule has 0 fully saturated rings. The number of fused-ring (bicyclic) bond motifs is 2. The minimum Gasteiger partial charge on any atom is -0.326 e. The van der Waals surface area contributed by atoms with Crippen LogP contribution in [-0.2, 0) is 16.0 Å². The van der Waals surface area contributed by atoms with Crippen LogP contribution in [0.1, 0.15) is 29.0 Å². The van der Waals surface area contributed by atoms with Crippen molar-refractivity contribution in [3.63, 3.8) is 0 Å². The first-order chi connectivity index (χ1) is 17.5. The van der Waals surface area contributed by atoms with Gasteiger partial charge in [-0.25, -0.2) is 4.98 Å². The second-order valence-electron chi connectivity index (χ2n) is 8.47. The average Bonchev–Trinajstić information content (AvgIpc) is 2.88. The fraction of sp³-hybridized carbons (Fsp3) is 0.148. The zero-order valence-electron chi connectivity index (χ0n) is 19.3. The van der Waals surface area contributed by atoms with Crippen molar-refractivity contribution in [2.24, 2.45) is 0 Å². The van der Waals surface area contributed by atoms with Crippen molar-refractivity contribution in [3.05, 3.63) is 94.5 Å². The van der Waals surface area contributed by atoms with Crippen molar-refractivity contribution >= 4 is 45.7 Å². The molecular weight excluding hydrogens is 458 g/mol. The fourth-order valence-corrected chi connectivity index (χ4v) is 4.16. The number of carbonyl (C=O) groups excluding carboxylic acids is 3. The predicted octanol–water partition coefficient (Wildman–Crippen LogP) is 3.48. The number of para-hydroxylation sites is 3. The van der Waals surface area contributed by atoms with Crippen LogP contribution in [0.5, 0.6) is 0 Å². The molecule has 0 unspecified atom stereocenters. The summed E-state index contributed by atoms with van der Waals surface area (Å²) < 4.78 is 0. The highest BCUT2D eigenvalue weighted by Gasteiger charge is 2.27. The number of aromatic nitrogens is 2. The van der Waals surface area contributed by atoms with E-state index in [-0.39, 0.29) is 36.2 Å². The fourth-order valence-electron chi connectivity index (χ4n) is 4.16. The molecule has 3 aromatic carbocycles. The van der Waals surface area contributed by atoms with E-state index in [0.29, 0.717) is 52.2 Å². The number of aryl methyl sites for hydroxylation is 1. The molecule has 0 spiro atoms. The van der Waals surface area contributed by atoms with E-state index in [1.807, 2.05) is 12.1 Å². The highest BCUT2D eigenvalue weighted by atomic mass is 16.2. The number of anilines is 3. The van der Waals surface area contributed by atoms with Crippen LogP contribution in [0.3, 0.4) is 0 Å². The summed E-state index contributed by atoms with van der Waals surface area (Å²) in [4.78, 5) is 58.3. The number of hydrogen-bond acceptors (Lipinski definition) is 5. The van der Waals surface area contributed by atoms with Gasteiger partial charge in [0.2, 0.25) is 11.8 Å². The Kier molecular flexibility index (Phi) is 6.27. The third-order valence-electron chi connectivity index (χ3n) is 5.91. The highest BCUT2D eigenvalue weighted by molar-refractivity contribution is 6.15. The third kappa shape index (κ3) is 4.85. The Morgan fingerprint density at radius 2 is 1.69 bits per heavy atom. The molecule has 5 rings (SSSR count). The molecular formula is C27H23N5O4. The Labute approximate surface area is 206 Å². The van der Waals surface area contributed by atoms with Gasteiger partial charge in [0.25, 0.3) is 11.5 Å². The van der Waals surface area contributed by atoms with Crippen LogP contribution >= 0.6 is 0 Å². The van der Waals surface area contributed by atoms with Crippen LogP contribution in [0, 0.1) is 0 Å². The van der Waals surface area contributed by atoms with Gasteiger partial charge in [-0.1, -0.05) is 24.3 Å². The normalized spacial score (nSPS) is 12.7. The zero-order chi connectivity index (χ0) is 25.1. The summed E-state index contributed by atoms with van der Waals surface area (Å²) >= 11 is 0. The number of aromatic amines is 1. The molecule has 2 heterocycles. The standard InChI is InChI=1S/C27H23N5O4/c33-24(11-5-10-23-29-20-7-2-1-6-19(20)26(35)31-23)28-18-14-12-17(13-15-18)27(36)32-16-25(34)30-21-8-3-4-9-22(21)32/h1-4,6-9,12-15H,5,10-11,16H2,(H,28,33)(H,30,34)(H,29,31,35). The van der Waals surface area contributed by atoms with Gasteiger partial charge < -0.3 is 15.6 Å². The van der Waals surface area contributed by atoms with Crippen molar-refractivity contribution < 1.29 is 14.4 Å². The summed E-state index contributed by atoms with van der Waals surface area (Å²) in [6.45, 7) is -0.0638. The molecule has 9 nitrogen and oxygen atoms in total. The first-order valence-electron chi connectivity index (χ1n) is 11.6. The number of H-pyrrole nitrogens is 1. The number of carbonyl (C=O) groups is 3. The minimum atomic E-state index is -0.299. The first kappa shape index (κ1) is 23.0. The maximum Gasteiger partial charge on any atom is 0.258 e. The Morgan fingerprint density at radius 1 is 0.944 bits per heavy atom. The lowest BCUT2D eigenvalue weighted by Crippen LogP contribution is -2.42. The Bertz CT molecular complexity index is 1530. The van der Waals surface area contributed by atoms with Gasteiger partial charge in [0, 0.05) is 24.1 Å². The van der Waals surface area contributed by atoms with Crippen LogP contribution in [0.2, 0.25) is 0 Å². The smallest absolute Gasteiger partial charge is 0.258 e. The van der Waals surface area contributed by atoms with Crippen LogP contribution in [-0.4, -0.2) is 34.2 Å². The van der Waals surface area contributed by atoms with Crippen molar-refractivity contribution in [1.29, 1.82) is 0 Å². The van der Waals surface area contributed by atoms with Gasteiger partial charge in [0.05, 0.1) is 22.3 Å². The number of hydrogen-bond donors (Lipinski definition) is 3. The van der Waals surface area contributed by atoms with Crippen molar-refractivity contribution in [3.8, 4) is 0 Å². The molecule has 9 heteroatoms. The number of benzene rings is 3. The monoisotopic (exact) mass is 481 g/mol. The molecule has 180 valence electrons.